The Balaban J connectivity index is 1.37. The molecule has 3 aliphatic carbocycles. The molecule has 218 valence electrons. The Morgan fingerprint density at radius 3 is 2.65 bits per heavy atom. The topological polar surface area (TPSA) is 126 Å². The maximum absolute atomic E-state index is 13.0. The lowest BCUT2D eigenvalue weighted by Gasteiger charge is -2.61. The van der Waals surface area contributed by atoms with E-state index in [1.165, 1.54) is 4.57 Å². The van der Waals surface area contributed by atoms with Crippen LogP contribution in [0.2, 0.25) is 5.02 Å². The van der Waals surface area contributed by atoms with Gasteiger partial charge < -0.3 is 15.2 Å². The van der Waals surface area contributed by atoms with Crippen molar-refractivity contribution in [3.63, 3.8) is 0 Å². The third kappa shape index (κ3) is 4.59. The smallest absolute Gasteiger partial charge is 0.260 e. The van der Waals surface area contributed by atoms with Gasteiger partial charge in [0.05, 0.1) is 56.8 Å². The Hall–Kier alpha value is -4.49. The predicted molar refractivity (Wildman–Crippen MR) is 167 cm³/mol. The molecule has 2 N–H and O–H groups in total. The summed E-state index contributed by atoms with van der Waals surface area (Å²) in [6.07, 6.45) is 8.52. The quantitative estimate of drug-likeness (QED) is 0.244. The van der Waals surface area contributed by atoms with E-state index >= 15 is 0 Å². The summed E-state index contributed by atoms with van der Waals surface area (Å²) in [7, 11) is 1.69. The van der Waals surface area contributed by atoms with E-state index in [4.69, 9.17) is 11.6 Å². The zero-order valence-electron chi connectivity index (χ0n) is 24.5. The van der Waals surface area contributed by atoms with Crippen LogP contribution in [0.1, 0.15) is 62.9 Å². The van der Waals surface area contributed by atoms with Gasteiger partial charge in [-0.3, -0.25) is 9.78 Å². The predicted octanol–water partition coefficient (Wildman–Crippen LogP) is 5.77. The second kappa shape index (κ2) is 9.78. The molecule has 3 aromatic heterocycles. The number of nitriles is 1. The molecule has 3 heterocycles. The minimum Gasteiger partial charge on any atom is -0.383 e. The Bertz CT molecular complexity index is 2000. The third-order valence-electron chi connectivity index (χ3n) is 8.74. The highest BCUT2D eigenvalue weighted by molar-refractivity contribution is 6.35. The summed E-state index contributed by atoms with van der Waals surface area (Å²) in [5.41, 5.74) is 4.48. The zero-order valence-corrected chi connectivity index (χ0v) is 25.3. The molecule has 0 aliphatic heterocycles. The van der Waals surface area contributed by atoms with E-state index in [1.54, 1.807) is 25.6 Å². The van der Waals surface area contributed by atoms with Crippen molar-refractivity contribution >= 4 is 44.8 Å². The van der Waals surface area contributed by atoms with Gasteiger partial charge in [-0.1, -0.05) is 49.7 Å². The van der Waals surface area contributed by atoms with Gasteiger partial charge in [0.2, 0.25) is 0 Å². The number of para-hydroxylation sites is 1. The average molecular weight is 594 g/mol. The van der Waals surface area contributed by atoms with Crippen molar-refractivity contribution in [2.45, 2.75) is 51.6 Å². The van der Waals surface area contributed by atoms with Crippen molar-refractivity contribution in [1.29, 1.82) is 5.26 Å². The van der Waals surface area contributed by atoms with Gasteiger partial charge in [-0.25, -0.2) is 9.67 Å². The zero-order chi connectivity index (χ0) is 30.1. The number of halogens is 1. The van der Waals surface area contributed by atoms with Crippen LogP contribution in [-0.4, -0.2) is 36.1 Å². The van der Waals surface area contributed by atoms with Gasteiger partial charge in [0.1, 0.15) is 11.8 Å². The van der Waals surface area contributed by atoms with Crippen LogP contribution >= 0.6 is 11.6 Å². The van der Waals surface area contributed by atoms with Crippen LogP contribution in [0.4, 0.5) is 11.4 Å². The number of rotatable bonds is 7. The van der Waals surface area contributed by atoms with E-state index in [2.05, 4.69) is 57.8 Å². The van der Waals surface area contributed by atoms with E-state index < -0.39 is 6.04 Å². The Kier molecular flexibility index (Phi) is 6.22. The van der Waals surface area contributed by atoms with Gasteiger partial charge >= 0.3 is 0 Å². The number of pyridine rings is 1. The van der Waals surface area contributed by atoms with Crippen molar-refractivity contribution in [2.24, 2.45) is 18.4 Å². The summed E-state index contributed by atoms with van der Waals surface area (Å²) < 4.78 is 3.49. The summed E-state index contributed by atoms with van der Waals surface area (Å²) in [6.45, 7) is 7.05. The van der Waals surface area contributed by atoms with Crippen molar-refractivity contribution in [2.75, 3.05) is 17.2 Å². The van der Waals surface area contributed by atoms with E-state index in [0.717, 1.165) is 36.1 Å². The van der Waals surface area contributed by atoms with E-state index in [9.17, 15) is 10.1 Å². The Morgan fingerprint density at radius 1 is 1.16 bits per heavy atom. The second-order valence-electron chi connectivity index (χ2n) is 13.2. The van der Waals surface area contributed by atoms with Crippen LogP contribution in [0.25, 0.3) is 21.8 Å². The van der Waals surface area contributed by atoms with Crippen LogP contribution in [0, 0.1) is 22.7 Å². The fourth-order valence-corrected chi connectivity index (χ4v) is 6.57. The molecule has 2 bridgehead atoms. The third-order valence-corrected chi connectivity index (χ3v) is 9.03. The first-order valence-corrected chi connectivity index (χ1v) is 14.8. The molecule has 0 saturated heterocycles. The molecular formula is C32H32ClN9O. The van der Waals surface area contributed by atoms with E-state index in [-0.39, 0.29) is 16.5 Å². The lowest BCUT2D eigenvalue weighted by atomic mass is 9.50. The van der Waals surface area contributed by atoms with Crippen LogP contribution in [0.15, 0.2) is 53.8 Å². The summed E-state index contributed by atoms with van der Waals surface area (Å²) in [4.78, 5) is 22.2. The number of hydrogen-bond donors (Lipinski definition) is 2. The van der Waals surface area contributed by atoms with Crippen LogP contribution in [0.3, 0.4) is 0 Å². The second-order valence-corrected chi connectivity index (χ2v) is 13.6. The highest BCUT2D eigenvalue weighted by atomic mass is 35.5. The van der Waals surface area contributed by atoms with Crippen LogP contribution < -0.4 is 16.2 Å². The van der Waals surface area contributed by atoms with Crippen molar-refractivity contribution in [1.82, 2.24) is 29.5 Å². The van der Waals surface area contributed by atoms with Crippen molar-refractivity contribution in [3.05, 3.63) is 81.3 Å². The molecule has 3 saturated carbocycles. The van der Waals surface area contributed by atoms with E-state index in [1.807, 2.05) is 35.1 Å². The first kappa shape index (κ1) is 27.3. The molecule has 3 fully saturated rings. The number of hydrogen-bond acceptors (Lipinski definition) is 8. The highest BCUT2D eigenvalue weighted by Crippen LogP contribution is 2.62. The summed E-state index contributed by atoms with van der Waals surface area (Å²) in [5, 5.41) is 27.9. The Morgan fingerprint density at radius 2 is 1.95 bits per heavy atom. The summed E-state index contributed by atoms with van der Waals surface area (Å²) >= 11 is 6.82. The largest absolute Gasteiger partial charge is 0.383 e. The maximum atomic E-state index is 13.0. The number of nitrogens with one attached hydrogen (secondary N) is 2. The molecule has 5 aromatic rings. The van der Waals surface area contributed by atoms with Crippen LogP contribution in [0.5, 0.6) is 0 Å². The van der Waals surface area contributed by atoms with Gasteiger partial charge in [0.25, 0.3) is 5.56 Å². The minimum atomic E-state index is -0.490. The SMILES string of the molecule is Cn1cnc2c(C(Nc3cc(Cl)c4ncc(C#N)c(NCC(C)(C)C)c4c3)c3cn(C45CC(C4)C5)nn3)cccc2c1=O. The van der Waals surface area contributed by atoms with Gasteiger partial charge in [0.15, 0.2) is 0 Å². The van der Waals surface area contributed by atoms with Gasteiger partial charge in [0, 0.05) is 36.4 Å². The molecule has 2 aromatic carbocycles. The van der Waals surface area contributed by atoms with E-state index in [0.29, 0.717) is 50.6 Å². The van der Waals surface area contributed by atoms with Gasteiger partial charge in [-0.2, -0.15) is 5.26 Å². The lowest BCUT2D eigenvalue weighted by molar-refractivity contribution is -0.0989. The van der Waals surface area contributed by atoms with Crippen molar-refractivity contribution < 1.29 is 0 Å². The highest BCUT2D eigenvalue weighted by Gasteiger charge is 2.59. The number of nitrogens with zero attached hydrogens (tertiary/aromatic N) is 7. The summed E-state index contributed by atoms with van der Waals surface area (Å²) in [6, 6.07) is 11.2. The Labute approximate surface area is 253 Å². The van der Waals surface area contributed by atoms with Gasteiger partial charge in [-0.05, 0) is 48.8 Å². The molecule has 0 spiro atoms. The number of anilines is 2. The molecular weight excluding hydrogens is 562 g/mol. The average Bonchev–Trinajstić information content (AvgIpc) is 3.39. The molecule has 0 amide bonds. The molecule has 11 heteroatoms. The number of benzene rings is 2. The molecule has 1 atom stereocenters. The molecule has 43 heavy (non-hydrogen) atoms. The number of aromatic nitrogens is 6. The van der Waals surface area contributed by atoms with Crippen molar-refractivity contribution in [3.8, 4) is 6.07 Å². The molecule has 8 rings (SSSR count). The maximum Gasteiger partial charge on any atom is 0.260 e. The molecule has 10 nitrogen and oxygen atoms in total. The monoisotopic (exact) mass is 593 g/mol. The summed E-state index contributed by atoms with van der Waals surface area (Å²) in [5.74, 6) is 0.799. The molecule has 3 aliphatic rings. The standard InChI is InChI=1S/C32H32ClN9O/c1-31(2,3)16-36-26-19(13-34)14-35-28-23(26)8-20(9-24(28)33)38-29(25-15-42(40-39-25)32-10-18(11-32)12-32)21-6-5-7-22-27(21)37-17-41(4)30(22)43/h5-9,14-15,17-18,29,38H,10-12,16H2,1-4H3,(H,35,36). The van der Waals surface area contributed by atoms with Gasteiger partial charge in [-0.15, -0.1) is 5.10 Å². The fourth-order valence-electron chi connectivity index (χ4n) is 6.30. The number of aryl methyl sites for hydroxylation is 1. The minimum absolute atomic E-state index is 0.0162. The van der Waals surface area contributed by atoms with Crippen LogP contribution in [-0.2, 0) is 12.6 Å². The number of fused-ring (bicyclic) bond motifs is 2. The lowest BCUT2D eigenvalue weighted by Crippen LogP contribution is -2.59. The fraction of sp³-hybridized carbons (Fsp3) is 0.375. The first-order valence-electron chi connectivity index (χ1n) is 14.4. The normalized spacial score (nSPS) is 19.9. The molecule has 1 unspecified atom stereocenters. The molecule has 0 radical (unpaired) electrons. The first-order chi connectivity index (χ1) is 20.5.